The Morgan fingerprint density at radius 1 is 1.80 bits per heavy atom. The molecular formula is C5H10N4O. The van der Waals surface area contributed by atoms with Gasteiger partial charge in [0.15, 0.2) is 0 Å². The first kappa shape index (κ1) is 8.61. The number of nitrogens with one attached hydrogen (secondary N) is 1. The standard InChI is InChI=1S/C5H10N4O/c1-4(10)3-5(8-6)9-7-2/h2-3,6H2,1H3,(H,8,9). The van der Waals surface area contributed by atoms with Crippen molar-refractivity contribution in [2.75, 3.05) is 0 Å². The molecule has 0 aliphatic heterocycles. The molecule has 0 bridgehead atoms. The Kier molecular flexibility index (Phi) is 3.86. The number of carbonyl (C=O) groups excluding carboxylic acids is 1. The molecule has 0 aromatic rings. The van der Waals surface area contributed by atoms with Crippen LogP contribution in [0.1, 0.15) is 13.3 Å². The summed E-state index contributed by atoms with van der Waals surface area (Å²) in [5.41, 5.74) is 2.38. The Hall–Kier alpha value is -1.39. The van der Waals surface area contributed by atoms with Crippen molar-refractivity contribution in [2.45, 2.75) is 13.3 Å². The molecule has 0 aliphatic rings. The van der Waals surface area contributed by atoms with Crippen molar-refractivity contribution < 1.29 is 4.79 Å². The van der Waals surface area contributed by atoms with E-state index in [1.165, 1.54) is 6.92 Å². The van der Waals surface area contributed by atoms with Gasteiger partial charge in [-0.05, 0) is 6.92 Å². The highest BCUT2D eigenvalue weighted by atomic mass is 16.1. The van der Waals surface area contributed by atoms with E-state index in [2.05, 4.69) is 22.3 Å². The average Bonchev–Trinajstić information content (AvgIpc) is 1.86. The summed E-state index contributed by atoms with van der Waals surface area (Å²) in [6.07, 6.45) is 0.162. The highest BCUT2D eigenvalue weighted by molar-refractivity contribution is 5.99. The van der Waals surface area contributed by atoms with Gasteiger partial charge in [0.05, 0.1) is 6.42 Å². The number of Topliss-reactive ketones (excluding diaryl/α,β-unsaturated/α-hetero) is 1. The first-order chi connectivity index (χ1) is 4.70. The average molecular weight is 142 g/mol. The van der Waals surface area contributed by atoms with Crippen molar-refractivity contribution in [1.82, 2.24) is 5.43 Å². The van der Waals surface area contributed by atoms with E-state index < -0.39 is 0 Å². The van der Waals surface area contributed by atoms with Crippen molar-refractivity contribution in [2.24, 2.45) is 16.0 Å². The lowest BCUT2D eigenvalue weighted by molar-refractivity contribution is -0.115. The van der Waals surface area contributed by atoms with E-state index in [0.29, 0.717) is 5.84 Å². The van der Waals surface area contributed by atoms with Crippen molar-refractivity contribution in [3.63, 3.8) is 0 Å². The first-order valence-corrected chi connectivity index (χ1v) is 2.68. The minimum absolute atomic E-state index is 0.0275. The summed E-state index contributed by atoms with van der Waals surface area (Å²) in [4.78, 5) is 10.4. The van der Waals surface area contributed by atoms with E-state index in [9.17, 15) is 4.79 Å². The highest BCUT2D eigenvalue weighted by Crippen LogP contribution is 1.82. The van der Waals surface area contributed by atoms with Gasteiger partial charge in [-0.3, -0.25) is 10.2 Å². The van der Waals surface area contributed by atoms with Gasteiger partial charge in [-0.1, -0.05) is 0 Å². The molecule has 0 radical (unpaired) electrons. The predicted octanol–water partition coefficient (Wildman–Crippen LogP) is -0.557. The van der Waals surface area contributed by atoms with Crippen molar-refractivity contribution in [3.8, 4) is 0 Å². The van der Waals surface area contributed by atoms with Crippen LogP contribution in [0.15, 0.2) is 10.2 Å². The molecule has 10 heavy (non-hydrogen) atoms. The third-order valence-electron chi connectivity index (χ3n) is 0.780. The maximum atomic E-state index is 10.4. The Labute approximate surface area is 59.0 Å². The third-order valence-corrected chi connectivity index (χ3v) is 0.780. The Bertz CT molecular complexity index is 163. The maximum Gasteiger partial charge on any atom is 0.149 e. The molecule has 0 unspecified atom stereocenters. The summed E-state index contributed by atoms with van der Waals surface area (Å²) in [7, 11) is 0. The molecule has 0 aromatic heterocycles. The fraction of sp³-hybridized carbons (Fsp3) is 0.400. The molecule has 5 nitrogen and oxygen atoms in total. The van der Waals surface area contributed by atoms with E-state index in [1.807, 2.05) is 0 Å². The smallest absolute Gasteiger partial charge is 0.149 e. The number of hydrazone groups is 2. The summed E-state index contributed by atoms with van der Waals surface area (Å²) in [6.45, 7) is 4.59. The fourth-order valence-electron chi connectivity index (χ4n) is 0.441. The van der Waals surface area contributed by atoms with Crippen molar-refractivity contribution >= 4 is 18.3 Å². The first-order valence-electron chi connectivity index (χ1n) is 2.68. The number of rotatable bonds is 3. The molecule has 0 fully saturated rings. The molecule has 0 saturated carbocycles. The van der Waals surface area contributed by atoms with Gasteiger partial charge in [-0.25, -0.2) is 0 Å². The number of hydrogen-bond donors (Lipinski definition) is 2. The molecule has 0 heterocycles. The molecule has 0 spiro atoms. The summed E-state index contributed by atoms with van der Waals surface area (Å²) in [5, 5.41) is 6.57. The van der Waals surface area contributed by atoms with Crippen molar-refractivity contribution in [1.29, 1.82) is 0 Å². The molecule has 0 amide bonds. The van der Waals surface area contributed by atoms with Gasteiger partial charge in [-0.2, -0.15) is 10.2 Å². The second kappa shape index (κ2) is 4.49. The summed E-state index contributed by atoms with van der Waals surface area (Å²) < 4.78 is 0. The lowest BCUT2D eigenvalue weighted by Gasteiger charge is -1.98. The zero-order chi connectivity index (χ0) is 7.98. The van der Waals surface area contributed by atoms with Crippen LogP contribution in [0.4, 0.5) is 0 Å². The Morgan fingerprint density at radius 3 is 2.70 bits per heavy atom. The van der Waals surface area contributed by atoms with Crippen LogP contribution in [0, 0.1) is 0 Å². The molecule has 5 heteroatoms. The number of hydrogen-bond acceptors (Lipinski definition) is 4. The fourth-order valence-corrected chi connectivity index (χ4v) is 0.441. The molecular weight excluding hydrogens is 132 g/mol. The van der Waals surface area contributed by atoms with E-state index in [0.717, 1.165) is 0 Å². The number of ketones is 1. The zero-order valence-corrected chi connectivity index (χ0v) is 5.79. The SMILES string of the molecule is C=NNC(CC(C)=O)=NN. The van der Waals surface area contributed by atoms with Crippen molar-refractivity contribution in [3.05, 3.63) is 0 Å². The molecule has 0 saturated heterocycles. The van der Waals surface area contributed by atoms with Crippen LogP contribution < -0.4 is 11.3 Å². The Balaban J connectivity index is 3.84. The number of nitrogens with zero attached hydrogens (tertiary/aromatic N) is 2. The lowest BCUT2D eigenvalue weighted by atomic mass is 10.3. The van der Waals surface area contributed by atoms with Crippen LogP contribution in [0.25, 0.3) is 0 Å². The predicted molar refractivity (Wildman–Crippen MR) is 39.6 cm³/mol. The monoisotopic (exact) mass is 142 g/mol. The van der Waals surface area contributed by atoms with E-state index in [4.69, 9.17) is 5.84 Å². The maximum absolute atomic E-state index is 10.4. The molecule has 0 aromatic carbocycles. The van der Waals surface area contributed by atoms with Gasteiger partial charge >= 0.3 is 0 Å². The topological polar surface area (TPSA) is 79.8 Å². The highest BCUT2D eigenvalue weighted by Gasteiger charge is 1.99. The molecule has 56 valence electrons. The third kappa shape index (κ3) is 3.59. The van der Waals surface area contributed by atoms with Gasteiger partial charge in [0.2, 0.25) is 0 Å². The number of nitrogens with two attached hydrogens (primary N) is 1. The molecule has 0 aliphatic carbocycles. The van der Waals surface area contributed by atoms with Crippen LogP contribution >= 0.6 is 0 Å². The molecule has 0 rings (SSSR count). The summed E-state index contributed by atoms with van der Waals surface area (Å²) in [5.74, 6) is 5.19. The van der Waals surface area contributed by atoms with Crippen LogP contribution in [0.3, 0.4) is 0 Å². The normalized spacial score (nSPS) is 10.7. The van der Waals surface area contributed by atoms with Gasteiger partial charge in [-0.15, -0.1) is 0 Å². The van der Waals surface area contributed by atoms with E-state index >= 15 is 0 Å². The second-order valence-electron chi connectivity index (χ2n) is 1.72. The van der Waals surface area contributed by atoms with E-state index in [-0.39, 0.29) is 12.2 Å². The van der Waals surface area contributed by atoms with Gasteiger partial charge < -0.3 is 5.84 Å². The van der Waals surface area contributed by atoms with Crippen LogP contribution in [0.2, 0.25) is 0 Å². The number of amidine groups is 1. The second-order valence-corrected chi connectivity index (χ2v) is 1.72. The largest absolute Gasteiger partial charge is 0.322 e. The summed E-state index contributed by atoms with van der Waals surface area (Å²) in [6, 6.07) is 0. The number of carbonyl (C=O) groups is 1. The Morgan fingerprint density at radius 2 is 2.40 bits per heavy atom. The molecule has 3 N–H and O–H groups in total. The lowest BCUT2D eigenvalue weighted by Crippen LogP contribution is -2.21. The summed E-state index contributed by atoms with van der Waals surface area (Å²) >= 11 is 0. The van der Waals surface area contributed by atoms with Crippen LogP contribution in [-0.4, -0.2) is 18.3 Å². The van der Waals surface area contributed by atoms with Crippen LogP contribution in [0.5, 0.6) is 0 Å². The quantitative estimate of drug-likeness (QED) is 0.240. The van der Waals surface area contributed by atoms with E-state index in [1.54, 1.807) is 0 Å². The van der Waals surface area contributed by atoms with Gasteiger partial charge in [0, 0.05) is 6.72 Å². The van der Waals surface area contributed by atoms with Crippen LogP contribution in [-0.2, 0) is 4.79 Å². The molecule has 0 atom stereocenters. The minimum Gasteiger partial charge on any atom is -0.322 e. The minimum atomic E-state index is -0.0275. The van der Waals surface area contributed by atoms with Gasteiger partial charge in [0.25, 0.3) is 0 Å². The zero-order valence-electron chi connectivity index (χ0n) is 5.79. The van der Waals surface area contributed by atoms with Gasteiger partial charge in [0.1, 0.15) is 11.6 Å².